The molecule has 0 saturated heterocycles. The van der Waals surface area contributed by atoms with Crippen LogP contribution in [0.1, 0.15) is 10.4 Å². The summed E-state index contributed by atoms with van der Waals surface area (Å²) in [5.41, 5.74) is -0.193. The van der Waals surface area contributed by atoms with Crippen LogP contribution >= 0.6 is 0 Å². The third kappa shape index (κ3) is 2.52. The molecule has 3 rings (SSSR count). The largest absolute Gasteiger partial charge is 0.280 e. The molecule has 0 unspecified atom stereocenters. The minimum atomic E-state index is -0.600. The zero-order chi connectivity index (χ0) is 15.5. The van der Waals surface area contributed by atoms with E-state index in [-0.39, 0.29) is 10.8 Å². The quantitative estimate of drug-likeness (QED) is 0.735. The van der Waals surface area contributed by atoms with E-state index in [1.54, 1.807) is 24.3 Å². The van der Waals surface area contributed by atoms with E-state index < -0.39 is 17.0 Å². The third-order valence-electron chi connectivity index (χ3n) is 3.26. The number of fused-ring (bicyclic) bond motifs is 1. The van der Waals surface area contributed by atoms with E-state index in [0.717, 1.165) is 10.2 Å². The van der Waals surface area contributed by atoms with Crippen molar-refractivity contribution in [1.82, 2.24) is 9.78 Å². The Morgan fingerprint density at radius 2 is 1.55 bits per heavy atom. The molecule has 2 aromatic carbocycles. The number of H-pyrrole nitrogens is 1. The molecule has 0 fully saturated rings. The van der Waals surface area contributed by atoms with Crippen molar-refractivity contribution in [3.05, 3.63) is 86.9 Å². The topological polar surface area (TPSA) is 71.9 Å². The minimum absolute atomic E-state index is 0.215. The first kappa shape index (κ1) is 13.8. The Morgan fingerprint density at radius 1 is 0.909 bits per heavy atom. The van der Waals surface area contributed by atoms with Crippen LogP contribution < -0.4 is 11.1 Å². The second-order valence-corrected chi connectivity index (χ2v) is 4.71. The monoisotopic (exact) mass is 292 g/mol. The Kier molecular flexibility index (Phi) is 3.53. The first-order valence-electron chi connectivity index (χ1n) is 6.68. The van der Waals surface area contributed by atoms with Gasteiger partial charge in [0, 0.05) is 6.08 Å². The molecule has 0 atom stereocenters. The highest BCUT2D eigenvalue weighted by Crippen LogP contribution is 2.03. The van der Waals surface area contributed by atoms with Crippen LogP contribution in [0.3, 0.4) is 0 Å². The standard InChI is InChI=1S/C17H12N2O3/c20-15(11-10-12-6-2-1-3-7-12)19-17(22)14-9-5-4-8-13(14)16(21)18-19/h1-11H,(H,18,21). The molecule has 0 bridgehead atoms. The van der Waals surface area contributed by atoms with Gasteiger partial charge in [-0.3, -0.25) is 19.5 Å². The van der Waals surface area contributed by atoms with Crippen LogP contribution in [0.25, 0.3) is 16.8 Å². The summed E-state index contributed by atoms with van der Waals surface area (Å²) in [5.74, 6) is -0.600. The first-order valence-corrected chi connectivity index (χ1v) is 6.68. The molecule has 5 nitrogen and oxygen atoms in total. The number of hydrogen-bond acceptors (Lipinski definition) is 3. The van der Waals surface area contributed by atoms with Crippen LogP contribution in [0, 0.1) is 0 Å². The molecule has 0 spiro atoms. The Labute approximate surface area is 125 Å². The summed E-state index contributed by atoms with van der Waals surface area (Å²) >= 11 is 0. The molecular weight excluding hydrogens is 280 g/mol. The van der Waals surface area contributed by atoms with E-state index in [9.17, 15) is 14.4 Å². The van der Waals surface area contributed by atoms with Crippen molar-refractivity contribution in [2.75, 3.05) is 0 Å². The van der Waals surface area contributed by atoms with Gasteiger partial charge in [0.05, 0.1) is 10.8 Å². The predicted molar refractivity (Wildman–Crippen MR) is 84.9 cm³/mol. The van der Waals surface area contributed by atoms with Gasteiger partial charge in [-0.1, -0.05) is 42.5 Å². The number of carbonyl (C=O) groups excluding carboxylic acids is 1. The average Bonchev–Trinajstić information content (AvgIpc) is 2.57. The maximum absolute atomic E-state index is 12.3. The summed E-state index contributed by atoms with van der Waals surface area (Å²) in [4.78, 5) is 36.4. The Bertz CT molecular complexity index is 982. The number of carbonyl (C=O) groups is 1. The van der Waals surface area contributed by atoms with E-state index >= 15 is 0 Å². The molecule has 1 N–H and O–H groups in total. The molecular formula is C17H12N2O3. The summed E-state index contributed by atoms with van der Waals surface area (Å²) in [6.45, 7) is 0. The second-order valence-electron chi connectivity index (χ2n) is 4.71. The van der Waals surface area contributed by atoms with Gasteiger partial charge in [0.1, 0.15) is 0 Å². The zero-order valence-electron chi connectivity index (χ0n) is 11.5. The molecule has 0 saturated carbocycles. The molecule has 0 aliphatic rings. The molecule has 5 heteroatoms. The van der Waals surface area contributed by atoms with Gasteiger partial charge in [-0.15, -0.1) is 0 Å². The maximum atomic E-state index is 12.3. The molecule has 108 valence electrons. The van der Waals surface area contributed by atoms with Crippen LogP contribution in [0.2, 0.25) is 0 Å². The first-order chi connectivity index (χ1) is 10.7. The number of nitrogens with one attached hydrogen (secondary N) is 1. The molecule has 1 heterocycles. The number of allylic oxidation sites excluding steroid dienone is 1. The lowest BCUT2D eigenvalue weighted by molar-refractivity contribution is 0.0949. The minimum Gasteiger partial charge on any atom is -0.267 e. The van der Waals surface area contributed by atoms with Gasteiger partial charge in [0.2, 0.25) is 0 Å². The molecule has 0 amide bonds. The van der Waals surface area contributed by atoms with Gasteiger partial charge >= 0.3 is 0 Å². The molecule has 22 heavy (non-hydrogen) atoms. The normalized spacial score (nSPS) is 11.1. The number of aromatic amines is 1. The van der Waals surface area contributed by atoms with Crippen molar-refractivity contribution in [2.24, 2.45) is 0 Å². The highest BCUT2D eigenvalue weighted by molar-refractivity contribution is 5.94. The molecule has 0 aliphatic heterocycles. The van der Waals surface area contributed by atoms with Gasteiger partial charge in [-0.25, -0.2) is 0 Å². The van der Waals surface area contributed by atoms with Crippen LogP contribution in [0.4, 0.5) is 0 Å². The highest BCUT2D eigenvalue weighted by Gasteiger charge is 2.10. The molecule has 0 radical (unpaired) electrons. The number of hydrogen-bond donors (Lipinski definition) is 1. The van der Waals surface area contributed by atoms with Gasteiger partial charge in [-0.2, -0.15) is 4.68 Å². The summed E-state index contributed by atoms with van der Waals surface area (Å²) in [6, 6.07) is 15.6. The lowest BCUT2D eigenvalue weighted by Crippen LogP contribution is -2.33. The Morgan fingerprint density at radius 3 is 2.27 bits per heavy atom. The van der Waals surface area contributed by atoms with Gasteiger partial charge in [0.25, 0.3) is 17.0 Å². The molecule has 0 aliphatic carbocycles. The fourth-order valence-corrected chi connectivity index (χ4v) is 2.16. The van der Waals surface area contributed by atoms with Gasteiger partial charge < -0.3 is 0 Å². The fraction of sp³-hybridized carbons (Fsp3) is 0. The molecule has 1 aromatic heterocycles. The van der Waals surface area contributed by atoms with E-state index in [1.165, 1.54) is 12.1 Å². The van der Waals surface area contributed by atoms with Crippen molar-refractivity contribution in [3.63, 3.8) is 0 Å². The van der Waals surface area contributed by atoms with Crippen LogP contribution in [0.15, 0.2) is 70.3 Å². The Balaban J connectivity index is 2.05. The summed E-state index contributed by atoms with van der Waals surface area (Å²) < 4.78 is 0.726. The van der Waals surface area contributed by atoms with Gasteiger partial charge in [0.15, 0.2) is 0 Å². The number of aromatic nitrogens is 2. The van der Waals surface area contributed by atoms with Crippen LogP contribution in [-0.2, 0) is 0 Å². The van der Waals surface area contributed by atoms with Crippen molar-refractivity contribution < 1.29 is 4.79 Å². The van der Waals surface area contributed by atoms with E-state index in [2.05, 4.69) is 5.10 Å². The third-order valence-corrected chi connectivity index (χ3v) is 3.26. The van der Waals surface area contributed by atoms with E-state index in [0.29, 0.717) is 0 Å². The molecule has 3 aromatic rings. The zero-order valence-corrected chi connectivity index (χ0v) is 11.5. The van der Waals surface area contributed by atoms with Crippen molar-refractivity contribution in [3.8, 4) is 0 Å². The van der Waals surface area contributed by atoms with E-state index in [4.69, 9.17) is 0 Å². The average molecular weight is 292 g/mol. The van der Waals surface area contributed by atoms with E-state index in [1.807, 2.05) is 30.3 Å². The highest BCUT2D eigenvalue weighted by atomic mass is 16.2. The second kappa shape index (κ2) is 5.65. The lowest BCUT2D eigenvalue weighted by atomic mass is 10.2. The Hall–Kier alpha value is -3.21. The summed E-state index contributed by atoms with van der Waals surface area (Å²) in [5, 5.41) is 2.79. The van der Waals surface area contributed by atoms with Gasteiger partial charge in [-0.05, 0) is 23.8 Å². The number of nitrogens with zero attached hydrogens (tertiary/aromatic N) is 1. The predicted octanol–water partition coefficient (Wildman–Crippen LogP) is 2.04. The number of benzene rings is 2. The smallest absolute Gasteiger partial charge is 0.267 e. The summed E-state index contributed by atoms with van der Waals surface area (Å²) in [6.07, 6.45) is 2.84. The SMILES string of the molecule is O=C(C=Cc1ccccc1)n1[nH]c(=O)c2ccccc2c1=O. The van der Waals surface area contributed by atoms with Crippen molar-refractivity contribution in [2.45, 2.75) is 0 Å². The fourth-order valence-electron chi connectivity index (χ4n) is 2.16. The summed E-state index contributed by atoms with van der Waals surface area (Å²) in [7, 11) is 0. The van der Waals surface area contributed by atoms with Crippen molar-refractivity contribution >= 4 is 22.8 Å². The maximum Gasteiger partial charge on any atom is 0.280 e. The lowest BCUT2D eigenvalue weighted by Gasteiger charge is -2.02. The van der Waals surface area contributed by atoms with Crippen LogP contribution in [-0.4, -0.2) is 15.7 Å². The van der Waals surface area contributed by atoms with Crippen molar-refractivity contribution in [1.29, 1.82) is 0 Å². The van der Waals surface area contributed by atoms with Crippen LogP contribution in [0.5, 0.6) is 0 Å². The number of rotatable bonds is 2.